The second-order valence-corrected chi connectivity index (χ2v) is 4.97. The van der Waals surface area contributed by atoms with E-state index in [0.717, 1.165) is 26.1 Å². The van der Waals surface area contributed by atoms with Crippen molar-refractivity contribution in [2.45, 2.75) is 19.8 Å². The fourth-order valence-corrected chi connectivity index (χ4v) is 1.71. The molecule has 1 saturated heterocycles. The van der Waals surface area contributed by atoms with Crippen LogP contribution in [0, 0.1) is 10.8 Å². The zero-order valence-corrected chi connectivity index (χ0v) is 8.64. The molecule has 1 aliphatic carbocycles. The number of nitrogens with two attached hydrogens (primary N) is 1. The number of amides is 1. The lowest BCUT2D eigenvalue weighted by molar-refractivity contribution is -0.131. The summed E-state index contributed by atoms with van der Waals surface area (Å²) in [7, 11) is 0. The summed E-state index contributed by atoms with van der Waals surface area (Å²) >= 11 is 0. The first kappa shape index (κ1) is 9.93. The number of ether oxygens (including phenoxy) is 1. The molecule has 0 aromatic heterocycles. The largest absolute Gasteiger partial charge is 0.380 e. The first-order chi connectivity index (χ1) is 6.60. The molecule has 0 aromatic rings. The Hall–Kier alpha value is -0.610. The molecule has 80 valence electrons. The number of rotatable bonds is 4. The van der Waals surface area contributed by atoms with Crippen LogP contribution in [0.4, 0.5) is 0 Å². The van der Waals surface area contributed by atoms with Crippen LogP contribution in [0.15, 0.2) is 0 Å². The predicted octanol–water partition coefficient (Wildman–Crippen LogP) is -0.122. The van der Waals surface area contributed by atoms with Crippen LogP contribution in [-0.4, -0.2) is 32.2 Å². The van der Waals surface area contributed by atoms with Gasteiger partial charge in [-0.25, -0.2) is 0 Å². The van der Waals surface area contributed by atoms with E-state index in [9.17, 15) is 4.79 Å². The van der Waals surface area contributed by atoms with Crippen molar-refractivity contribution in [2.24, 2.45) is 16.6 Å². The lowest BCUT2D eigenvalue weighted by atomic mass is 9.88. The number of hydrogen-bond acceptors (Lipinski definition) is 3. The van der Waals surface area contributed by atoms with Gasteiger partial charge in [0.25, 0.3) is 0 Å². The highest BCUT2D eigenvalue weighted by Gasteiger charge is 2.49. The molecule has 2 rings (SSSR count). The van der Waals surface area contributed by atoms with Crippen molar-refractivity contribution in [3.05, 3.63) is 0 Å². The van der Waals surface area contributed by atoms with Crippen LogP contribution in [0.3, 0.4) is 0 Å². The first-order valence-corrected chi connectivity index (χ1v) is 5.16. The van der Waals surface area contributed by atoms with E-state index < -0.39 is 0 Å². The number of hydrogen-bond donors (Lipinski definition) is 2. The molecule has 0 radical (unpaired) electrons. The smallest absolute Gasteiger partial charge is 0.227 e. The van der Waals surface area contributed by atoms with Gasteiger partial charge in [-0.2, -0.15) is 0 Å². The zero-order valence-electron chi connectivity index (χ0n) is 8.64. The molecule has 0 spiro atoms. The third-order valence-corrected chi connectivity index (χ3v) is 3.30. The highest BCUT2D eigenvalue weighted by molar-refractivity contribution is 5.85. The molecule has 0 aromatic carbocycles. The first-order valence-electron chi connectivity index (χ1n) is 5.16. The number of carbonyl (C=O) groups excluding carboxylic acids is 1. The van der Waals surface area contributed by atoms with E-state index in [1.165, 1.54) is 0 Å². The molecule has 4 heteroatoms. The highest BCUT2D eigenvalue weighted by Crippen LogP contribution is 2.44. The van der Waals surface area contributed by atoms with Gasteiger partial charge in [-0.3, -0.25) is 4.79 Å². The van der Waals surface area contributed by atoms with E-state index in [1.807, 2.05) is 0 Å². The molecule has 2 aliphatic rings. The average molecular weight is 198 g/mol. The minimum absolute atomic E-state index is 0.133. The van der Waals surface area contributed by atoms with Crippen molar-refractivity contribution < 1.29 is 9.53 Å². The van der Waals surface area contributed by atoms with Crippen molar-refractivity contribution >= 4 is 5.91 Å². The van der Waals surface area contributed by atoms with Crippen LogP contribution in [0.2, 0.25) is 0 Å². The summed E-state index contributed by atoms with van der Waals surface area (Å²) in [6.07, 6.45) is 1.89. The summed E-state index contributed by atoms with van der Waals surface area (Å²) in [5, 5.41) is 2.98. The standard InChI is InChI=1S/C10H18N2O2/c1-9(6-14-7-9)5-12-8(13)10(4-11)2-3-10/h2-7,11H2,1H3,(H,12,13). The Morgan fingerprint density at radius 2 is 2.14 bits per heavy atom. The summed E-state index contributed by atoms with van der Waals surface area (Å²) in [5.74, 6) is 0.133. The van der Waals surface area contributed by atoms with Crippen molar-refractivity contribution in [1.82, 2.24) is 5.32 Å². The average Bonchev–Trinajstić information content (AvgIpc) is 2.91. The Morgan fingerprint density at radius 1 is 1.50 bits per heavy atom. The third kappa shape index (κ3) is 1.64. The van der Waals surface area contributed by atoms with Crippen molar-refractivity contribution in [1.29, 1.82) is 0 Å². The summed E-state index contributed by atoms with van der Waals surface area (Å²) in [5.41, 5.74) is 5.50. The van der Waals surface area contributed by atoms with Gasteiger partial charge in [-0.15, -0.1) is 0 Å². The molecular formula is C10H18N2O2. The van der Waals surface area contributed by atoms with Crippen LogP contribution in [0.5, 0.6) is 0 Å². The van der Waals surface area contributed by atoms with E-state index in [0.29, 0.717) is 13.1 Å². The van der Waals surface area contributed by atoms with E-state index in [4.69, 9.17) is 10.5 Å². The van der Waals surface area contributed by atoms with Gasteiger partial charge in [0.15, 0.2) is 0 Å². The SMILES string of the molecule is CC1(CNC(=O)C2(CN)CC2)COC1. The summed E-state index contributed by atoms with van der Waals surface area (Å²) < 4.78 is 5.12. The fraction of sp³-hybridized carbons (Fsp3) is 0.900. The molecule has 1 saturated carbocycles. The van der Waals surface area contributed by atoms with Gasteiger partial charge in [0.2, 0.25) is 5.91 Å². The number of nitrogens with one attached hydrogen (secondary N) is 1. The topological polar surface area (TPSA) is 64.4 Å². The van der Waals surface area contributed by atoms with Crippen molar-refractivity contribution in [3.8, 4) is 0 Å². The molecule has 2 fully saturated rings. The van der Waals surface area contributed by atoms with Crippen LogP contribution in [-0.2, 0) is 9.53 Å². The van der Waals surface area contributed by atoms with Gasteiger partial charge in [0, 0.05) is 18.5 Å². The summed E-state index contributed by atoms with van der Waals surface area (Å²) in [6.45, 7) is 4.82. The summed E-state index contributed by atoms with van der Waals surface area (Å²) in [4.78, 5) is 11.7. The molecule has 0 atom stereocenters. The van der Waals surface area contributed by atoms with Gasteiger partial charge < -0.3 is 15.8 Å². The van der Waals surface area contributed by atoms with Gasteiger partial charge in [0.1, 0.15) is 0 Å². The van der Waals surface area contributed by atoms with Gasteiger partial charge in [-0.05, 0) is 12.8 Å². The Balaban J connectivity index is 1.78. The lowest BCUT2D eigenvalue weighted by Crippen LogP contribution is -2.50. The van der Waals surface area contributed by atoms with E-state index in [1.54, 1.807) is 0 Å². The van der Waals surface area contributed by atoms with Crippen LogP contribution in [0.25, 0.3) is 0 Å². The lowest BCUT2D eigenvalue weighted by Gasteiger charge is -2.38. The molecule has 4 nitrogen and oxygen atoms in total. The van der Waals surface area contributed by atoms with E-state index in [2.05, 4.69) is 12.2 Å². The minimum atomic E-state index is -0.221. The maximum atomic E-state index is 11.7. The molecule has 14 heavy (non-hydrogen) atoms. The zero-order chi connectivity index (χ0) is 10.2. The number of carbonyl (C=O) groups is 1. The maximum absolute atomic E-state index is 11.7. The molecular weight excluding hydrogens is 180 g/mol. The van der Waals surface area contributed by atoms with Crippen molar-refractivity contribution in [2.75, 3.05) is 26.3 Å². The van der Waals surface area contributed by atoms with Crippen molar-refractivity contribution in [3.63, 3.8) is 0 Å². The summed E-state index contributed by atoms with van der Waals surface area (Å²) in [6, 6.07) is 0. The Labute approximate surface area is 84.2 Å². The Morgan fingerprint density at radius 3 is 2.50 bits per heavy atom. The second kappa shape index (κ2) is 3.21. The molecule has 1 heterocycles. The quantitative estimate of drug-likeness (QED) is 0.662. The van der Waals surface area contributed by atoms with Crippen LogP contribution < -0.4 is 11.1 Å². The van der Waals surface area contributed by atoms with Gasteiger partial charge in [-0.1, -0.05) is 6.92 Å². The molecule has 0 unspecified atom stereocenters. The second-order valence-electron chi connectivity index (χ2n) is 4.97. The van der Waals surface area contributed by atoms with E-state index in [-0.39, 0.29) is 16.7 Å². The predicted molar refractivity (Wildman–Crippen MR) is 52.7 cm³/mol. The van der Waals surface area contributed by atoms with E-state index >= 15 is 0 Å². The minimum Gasteiger partial charge on any atom is -0.380 e. The molecule has 1 amide bonds. The molecule has 0 bridgehead atoms. The Kier molecular flexibility index (Phi) is 2.27. The van der Waals surface area contributed by atoms with Gasteiger partial charge in [0.05, 0.1) is 18.6 Å². The van der Waals surface area contributed by atoms with Gasteiger partial charge >= 0.3 is 0 Å². The highest BCUT2D eigenvalue weighted by atomic mass is 16.5. The van der Waals surface area contributed by atoms with Crippen LogP contribution in [0.1, 0.15) is 19.8 Å². The maximum Gasteiger partial charge on any atom is 0.227 e. The fourth-order valence-electron chi connectivity index (χ4n) is 1.71. The Bertz CT molecular complexity index is 245. The monoisotopic (exact) mass is 198 g/mol. The third-order valence-electron chi connectivity index (χ3n) is 3.30. The molecule has 1 aliphatic heterocycles. The normalized spacial score (nSPS) is 26.4. The molecule has 3 N–H and O–H groups in total. The van der Waals surface area contributed by atoms with Crippen LogP contribution >= 0.6 is 0 Å².